The zero-order chi connectivity index (χ0) is 15.2. The van der Waals surface area contributed by atoms with Gasteiger partial charge < -0.3 is 10.6 Å². The molecule has 1 aliphatic heterocycles. The second kappa shape index (κ2) is 7.90. The van der Waals surface area contributed by atoms with Gasteiger partial charge in [-0.1, -0.05) is 22.9 Å². The van der Waals surface area contributed by atoms with Crippen LogP contribution in [0.25, 0.3) is 0 Å². The van der Waals surface area contributed by atoms with Crippen molar-refractivity contribution in [3.63, 3.8) is 0 Å². The van der Waals surface area contributed by atoms with E-state index in [1.165, 1.54) is 12.1 Å². The summed E-state index contributed by atoms with van der Waals surface area (Å²) >= 11 is 3.37. The third-order valence-corrected chi connectivity index (χ3v) is 4.95. The molecule has 1 fully saturated rings. The smallest absolute Gasteiger partial charge is 0.220 e. The number of benzene rings is 1. The molecule has 1 saturated heterocycles. The molecule has 0 spiro atoms. The van der Waals surface area contributed by atoms with Crippen molar-refractivity contribution in [2.45, 2.75) is 32.7 Å². The molecule has 5 heteroatoms. The number of halogens is 2. The first-order valence-electron chi connectivity index (χ1n) is 7.47. The zero-order valence-corrected chi connectivity index (χ0v) is 13.9. The van der Waals surface area contributed by atoms with Gasteiger partial charge in [0.15, 0.2) is 0 Å². The quantitative estimate of drug-likeness (QED) is 0.850. The van der Waals surface area contributed by atoms with Crippen LogP contribution in [0.5, 0.6) is 0 Å². The highest BCUT2D eigenvalue weighted by molar-refractivity contribution is 9.10. The van der Waals surface area contributed by atoms with Gasteiger partial charge in [0.1, 0.15) is 5.82 Å². The summed E-state index contributed by atoms with van der Waals surface area (Å²) in [5.74, 6) is 0.767. The predicted molar refractivity (Wildman–Crippen MR) is 85.3 cm³/mol. The summed E-state index contributed by atoms with van der Waals surface area (Å²) in [6.07, 6.45) is 2.82. The van der Waals surface area contributed by atoms with E-state index in [0.29, 0.717) is 24.8 Å². The number of piperidine rings is 1. The molecule has 0 aliphatic carbocycles. The normalized spacial score (nSPS) is 17.5. The van der Waals surface area contributed by atoms with Gasteiger partial charge in [-0.2, -0.15) is 0 Å². The topological polar surface area (TPSA) is 41.1 Å². The molecule has 3 nitrogen and oxygen atoms in total. The van der Waals surface area contributed by atoms with Gasteiger partial charge in [-0.05, 0) is 61.5 Å². The number of carbonyl (C=O) groups excluding carboxylic acids is 1. The summed E-state index contributed by atoms with van der Waals surface area (Å²) in [6, 6.07) is 4.50. The molecule has 1 aromatic rings. The lowest BCUT2D eigenvalue weighted by Crippen LogP contribution is -2.33. The van der Waals surface area contributed by atoms with E-state index in [9.17, 15) is 9.18 Å². The molecule has 2 rings (SSSR count). The van der Waals surface area contributed by atoms with Crippen molar-refractivity contribution in [3.8, 4) is 0 Å². The number of nitrogens with one attached hydrogen (secondary N) is 2. The Morgan fingerprint density at radius 3 is 2.90 bits per heavy atom. The van der Waals surface area contributed by atoms with Gasteiger partial charge in [0.2, 0.25) is 5.91 Å². The predicted octanol–water partition coefficient (Wildman–Crippen LogP) is 3.23. The minimum absolute atomic E-state index is 0.0391. The average Bonchev–Trinajstić information content (AvgIpc) is 2.49. The Hall–Kier alpha value is -0.940. The third kappa shape index (κ3) is 5.08. The maximum Gasteiger partial charge on any atom is 0.220 e. The van der Waals surface area contributed by atoms with Crippen LogP contribution in [0.15, 0.2) is 22.7 Å². The molecule has 21 heavy (non-hydrogen) atoms. The Morgan fingerprint density at radius 1 is 1.48 bits per heavy atom. The summed E-state index contributed by atoms with van der Waals surface area (Å²) < 4.78 is 14.0. The molecule has 0 radical (unpaired) electrons. The van der Waals surface area contributed by atoms with E-state index in [1.54, 1.807) is 6.07 Å². The van der Waals surface area contributed by atoms with Crippen LogP contribution >= 0.6 is 15.9 Å². The van der Waals surface area contributed by atoms with Crippen LogP contribution in [0.3, 0.4) is 0 Å². The Kier molecular flexibility index (Phi) is 6.18. The largest absolute Gasteiger partial charge is 0.352 e. The molecule has 1 aromatic carbocycles. The van der Waals surface area contributed by atoms with Gasteiger partial charge in [-0.25, -0.2) is 4.39 Å². The molecule has 0 bridgehead atoms. The highest BCUT2D eigenvalue weighted by Gasteiger charge is 2.21. The number of rotatable bonds is 5. The van der Waals surface area contributed by atoms with Crippen molar-refractivity contribution in [1.82, 2.24) is 10.6 Å². The fraction of sp³-hybridized carbons (Fsp3) is 0.562. The van der Waals surface area contributed by atoms with Crippen LogP contribution in [0.4, 0.5) is 4.39 Å². The second-order valence-corrected chi connectivity index (χ2v) is 6.64. The number of hydrogen-bond donors (Lipinski definition) is 2. The van der Waals surface area contributed by atoms with Gasteiger partial charge in [0, 0.05) is 17.4 Å². The van der Waals surface area contributed by atoms with Gasteiger partial charge >= 0.3 is 0 Å². The van der Waals surface area contributed by atoms with E-state index in [0.717, 1.165) is 36.0 Å². The summed E-state index contributed by atoms with van der Waals surface area (Å²) in [5.41, 5.74) is 0.762. The van der Waals surface area contributed by atoms with Crippen molar-refractivity contribution in [2.24, 2.45) is 11.8 Å². The van der Waals surface area contributed by atoms with Crippen molar-refractivity contribution >= 4 is 21.8 Å². The molecule has 2 N–H and O–H groups in total. The lowest BCUT2D eigenvalue weighted by atomic mass is 9.84. The minimum atomic E-state index is -0.287. The Balaban J connectivity index is 1.80. The van der Waals surface area contributed by atoms with Gasteiger partial charge in [-0.3, -0.25) is 4.79 Å². The van der Waals surface area contributed by atoms with E-state index in [-0.39, 0.29) is 11.7 Å². The van der Waals surface area contributed by atoms with E-state index in [4.69, 9.17) is 0 Å². The summed E-state index contributed by atoms with van der Waals surface area (Å²) in [5, 5.41) is 6.23. The lowest BCUT2D eigenvalue weighted by Gasteiger charge is -2.27. The van der Waals surface area contributed by atoms with E-state index in [1.807, 2.05) is 0 Å². The highest BCUT2D eigenvalue weighted by atomic mass is 79.9. The Morgan fingerprint density at radius 2 is 2.19 bits per heavy atom. The minimum Gasteiger partial charge on any atom is -0.352 e. The first kappa shape index (κ1) is 16.4. The Labute approximate surface area is 133 Å². The molecular formula is C16H22BrFN2O. The summed E-state index contributed by atoms with van der Waals surface area (Å²) in [6.45, 7) is 4.60. The van der Waals surface area contributed by atoms with Gasteiger partial charge in [-0.15, -0.1) is 0 Å². The first-order valence-corrected chi connectivity index (χ1v) is 8.27. The van der Waals surface area contributed by atoms with Crippen molar-refractivity contribution in [1.29, 1.82) is 0 Å². The Bertz CT molecular complexity index is 489. The molecule has 1 atom stereocenters. The van der Waals surface area contributed by atoms with Crippen molar-refractivity contribution in [2.75, 3.05) is 13.1 Å². The molecule has 1 heterocycles. The molecule has 1 amide bonds. The van der Waals surface area contributed by atoms with Crippen molar-refractivity contribution < 1.29 is 9.18 Å². The van der Waals surface area contributed by atoms with E-state index in [2.05, 4.69) is 33.5 Å². The third-order valence-electron chi connectivity index (χ3n) is 4.18. The van der Waals surface area contributed by atoms with Crippen LogP contribution in [-0.4, -0.2) is 19.0 Å². The standard InChI is InChI=1S/C16H22BrFN2O/c1-11(12-4-6-19-7-5-12)8-16(21)20-10-13-9-14(18)2-3-15(13)17/h2-3,9,11-12,19H,4-8,10H2,1H3,(H,20,21). The van der Waals surface area contributed by atoms with Crippen molar-refractivity contribution in [3.05, 3.63) is 34.1 Å². The number of carbonyl (C=O) groups is 1. The number of hydrogen-bond acceptors (Lipinski definition) is 2. The SMILES string of the molecule is CC(CC(=O)NCc1cc(F)ccc1Br)C1CCNCC1. The molecule has 0 aromatic heterocycles. The molecule has 116 valence electrons. The fourth-order valence-corrected chi connectivity index (χ4v) is 3.20. The van der Waals surface area contributed by atoms with Crippen LogP contribution in [0, 0.1) is 17.7 Å². The van der Waals surface area contributed by atoms with Crippen LogP contribution in [0.1, 0.15) is 31.7 Å². The van der Waals surface area contributed by atoms with E-state index >= 15 is 0 Å². The van der Waals surface area contributed by atoms with Gasteiger partial charge in [0.25, 0.3) is 0 Å². The molecular weight excluding hydrogens is 335 g/mol. The summed E-state index contributed by atoms with van der Waals surface area (Å²) in [7, 11) is 0. The maximum absolute atomic E-state index is 13.2. The molecule has 0 saturated carbocycles. The molecule has 1 aliphatic rings. The zero-order valence-electron chi connectivity index (χ0n) is 12.3. The van der Waals surface area contributed by atoms with Crippen LogP contribution in [0.2, 0.25) is 0 Å². The van der Waals surface area contributed by atoms with Crippen LogP contribution < -0.4 is 10.6 Å². The fourth-order valence-electron chi connectivity index (χ4n) is 2.82. The lowest BCUT2D eigenvalue weighted by molar-refractivity contribution is -0.122. The van der Waals surface area contributed by atoms with Crippen LogP contribution in [-0.2, 0) is 11.3 Å². The average molecular weight is 357 g/mol. The highest BCUT2D eigenvalue weighted by Crippen LogP contribution is 2.24. The summed E-state index contributed by atoms with van der Waals surface area (Å²) in [4.78, 5) is 12.0. The maximum atomic E-state index is 13.2. The monoisotopic (exact) mass is 356 g/mol. The van der Waals surface area contributed by atoms with E-state index < -0.39 is 0 Å². The second-order valence-electron chi connectivity index (χ2n) is 5.78. The number of amides is 1. The van der Waals surface area contributed by atoms with Gasteiger partial charge in [0.05, 0.1) is 0 Å². The first-order chi connectivity index (χ1) is 10.1. The molecule has 1 unspecified atom stereocenters.